The van der Waals surface area contributed by atoms with E-state index in [1.54, 1.807) is 12.1 Å². The SMILES string of the molecule is CC1=C(C(=O)OC2CCCC2)C(c2cccc(O)n2)C2=C(CC(c3ccccc3)CC2=O)N1. The summed E-state index contributed by atoms with van der Waals surface area (Å²) >= 11 is 0. The zero-order valence-corrected chi connectivity index (χ0v) is 18.7. The fraction of sp³-hybridized carbons (Fsp3) is 0.370. The quantitative estimate of drug-likeness (QED) is 0.668. The number of benzene rings is 1. The molecule has 2 atom stereocenters. The van der Waals surface area contributed by atoms with Gasteiger partial charge in [0.2, 0.25) is 5.88 Å². The Morgan fingerprint density at radius 2 is 1.82 bits per heavy atom. The van der Waals surface area contributed by atoms with E-state index in [0.29, 0.717) is 35.4 Å². The second kappa shape index (κ2) is 8.85. The fourth-order valence-electron chi connectivity index (χ4n) is 5.39. The van der Waals surface area contributed by atoms with Crippen LogP contribution in [-0.4, -0.2) is 27.9 Å². The van der Waals surface area contributed by atoms with Gasteiger partial charge < -0.3 is 15.2 Å². The molecular weight excluding hydrogens is 416 g/mol. The standard InChI is InChI=1S/C27H28N2O4/c1-16-24(27(32)33-19-10-5-6-11-19)26(20-12-7-13-23(31)29-20)25-21(28-16)14-18(15-22(25)30)17-8-3-2-4-9-17/h2-4,7-9,12-13,18-19,26,28H,5-6,10-11,14-15H2,1H3,(H,29,31). The number of pyridine rings is 1. The molecule has 6 heteroatoms. The number of carbonyl (C=O) groups is 2. The Morgan fingerprint density at radius 1 is 1.06 bits per heavy atom. The number of dihydropyridines is 1. The van der Waals surface area contributed by atoms with Crippen molar-refractivity contribution in [1.82, 2.24) is 10.3 Å². The lowest BCUT2D eigenvalue weighted by Gasteiger charge is -2.36. The average Bonchev–Trinajstić information content (AvgIpc) is 3.31. The first-order valence-electron chi connectivity index (χ1n) is 11.7. The molecule has 0 saturated heterocycles. The summed E-state index contributed by atoms with van der Waals surface area (Å²) in [6.07, 6.45) is 4.79. The molecule has 2 aromatic rings. The van der Waals surface area contributed by atoms with Crippen LogP contribution in [0.25, 0.3) is 0 Å². The molecule has 1 saturated carbocycles. The van der Waals surface area contributed by atoms with E-state index >= 15 is 0 Å². The fourth-order valence-corrected chi connectivity index (χ4v) is 5.39. The summed E-state index contributed by atoms with van der Waals surface area (Å²) in [5.41, 5.74) is 4.07. The van der Waals surface area contributed by atoms with Crippen molar-refractivity contribution in [2.24, 2.45) is 0 Å². The number of Topliss-reactive ketones (excluding diaryl/α,β-unsaturated/α-hetero) is 1. The van der Waals surface area contributed by atoms with Crippen molar-refractivity contribution in [2.75, 3.05) is 0 Å². The number of rotatable bonds is 4. The van der Waals surface area contributed by atoms with E-state index in [1.807, 2.05) is 37.3 Å². The van der Waals surface area contributed by atoms with Crippen LogP contribution in [-0.2, 0) is 14.3 Å². The van der Waals surface area contributed by atoms with Crippen LogP contribution in [0.1, 0.15) is 68.5 Å². The highest BCUT2D eigenvalue weighted by atomic mass is 16.5. The molecule has 0 amide bonds. The smallest absolute Gasteiger partial charge is 0.337 e. The summed E-state index contributed by atoms with van der Waals surface area (Å²) in [4.78, 5) is 31.2. The molecule has 0 bridgehead atoms. The number of aromatic hydroxyl groups is 1. The normalized spacial score (nSPS) is 23.4. The van der Waals surface area contributed by atoms with E-state index in [0.717, 1.165) is 36.9 Å². The molecule has 2 unspecified atom stereocenters. The van der Waals surface area contributed by atoms with E-state index in [9.17, 15) is 14.7 Å². The Kier molecular flexibility index (Phi) is 5.75. The van der Waals surface area contributed by atoms with Crippen LogP contribution >= 0.6 is 0 Å². The molecule has 5 rings (SSSR count). The van der Waals surface area contributed by atoms with Crippen LogP contribution in [0.2, 0.25) is 0 Å². The van der Waals surface area contributed by atoms with Crippen molar-refractivity contribution in [1.29, 1.82) is 0 Å². The Hall–Kier alpha value is -3.41. The minimum absolute atomic E-state index is 0.00795. The first-order valence-corrected chi connectivity index (χ1v) is 11.7. The van der Waals surface area contributed by atoms with Gasteiger partial charge in [-0.1, -0.05) is 36.4 Å². The molecule has 170 valence electrons. The van der Waals surface area contributed by atoms with Gasteiger partial charge in [-0.15, -0.1) is 0 Å². The van der Waals surface area contributed by atoms with Gasteiger partial charge in [-0.05, 0) is 56.6 Å². The number of hydrogen-bond donors (Lipinski definition) is 2. The lowest BCUT2D eigenvalue weighted by atomic mass is 9.73. The number of aromatic nitrogens is 1. The number of nitrogens with one attached hydrogen (secondary N) is 1. The lowest BCUT2D eigenvalue weighted by Crippen LogP contribution is -2.37. The molecule has 33 heavy (non-hydrogen) atoms. The van der Waals surface area contributed by atoms with Gasteiger partial charge in [0.1, 0.15) is 6.10 Å². The Morgan fingerprint density at radius 3 is 2.55 bits per heavy atom. The average molecular weight is 445 g/mol. The summed E-state index contributed by atoms with van der Waals surface area (Å²) in [5.74, 6) is -1.15. The van der Waals surface area contributed by atoms with E-state index in [1.165, 1.54) is 6.07 Å². The van der Waals surface area contributed by atoms with Crippen LogP contribution in [0, 0.1) is 0 Å². The molecule has 1 aromatic carbocycles. The number of ether oxygens (including phenoxy) is 1. The largest absolute Gasteiger partial charge is 0.493 e. The number of ketones is 1. The molecule has 0 radical (unpaired) electrons. The minimum Gasteiger partial charge on any atom is -0.493 e. The van der Waals surface area contributed by atoms with E-state index in [2.05, 4.69) is 10.3 Å². The lowest BCUT2D eigenvalue weighted by molar-refractivity contribution is -0.144. The molecule has 6 nitrogen and oxygen atoms in total. The van der Waals surface area contributed by atoms with E-state index < -0.39 is 11.9 Å². The van der Waals surface area contributed by atoms with E-state index in [-0.39, 0.29) is 23.7 Å². The van der Waals surface area contributed by atoms with Crippen molar-refractivity contribution in [3.05, 3.63) is 82.3 Å². The van der Waals surface area contributed by atoms with Crippen LogP contribution in [0.3, 0.4) is 0 Å². The van der Waals surface area contributed by atoms with Crippen molar-refractivity contribution < 1.29 is 19.4 Å². The van der Waals surface area contributed by atoms with Gasteiger partial charge >= 0.3 is 5.97 Å². The van der Waals surface area contributed by atoms with Gasteiger partial charge in [-0.25, -0.2) is 9.78 Å². The van der Waals surface area contributed by atoms with Gasteiger partial charge in [0.25, 0.3) is 0 Å². The first-order chi connectivity index (χ1) is 16.0. The van der Waals surface area contributed by atoms with Crippen molar-refractivity contribution in [3.63, 3.8) is 0 Å². The molecular formula is C27H28N2O4. The maximum absolute atomic E-state index is 13.5. The zero-order valence-electron chi connectivity index (χ0n) is 18.7. The summed E-state index contributed by atoms with van der Waals surface area (Å²) in [6.45, 7) is 1.85. The van der Waals surface area contributed by atoms with Crippen molar-refractivity contribution in [2.45, 2.75) is 63.4 Å². The monoisotopic (exact) mass is 444 g/mol. The van der Waals surface area contributed by atoms with Gasteiger partial charge in [0, 0.05) is 29.5 Å². The Labute approximate surface area is 193 Å². The molecule has 1 fully saturated rings. The molecule has 2 N–H and O–H groups in total. The van der Waals surface area contributed by atoms with Crippen LogP contribution in [0.5, 0.6) is 5.88 Å². The van der Waals surface area contributed by atoms with Crippen LogP contribution in [0.15, 0.2) is 71.1 Å². The second-order valence-corrected chi connectivity index (χ2v) is 9.16. The second-order valence-electron chi connectivity index (χ2n) is 9.16. The molecule has 3 aliphatic rings. The predicted octanol–water partition coefficient (Wildman–Crippen LogP) is 4.63. The third kappa shape index (κ3) is 4.17. The third-order valence-corrected chi connectivity index (χ3v) is 6.95. The van der Waals surface area contributed by atoms with E-state index in [4.69, 9.17) is 4.74 Å². The minimum atomic E-state index is -0.661. The summed E-state index contributed by atoms with van der Waals surface area (Å²) in [6, 6.07) is 15.0. The van der Waals surface area contributed by atoms with Gasteiger partial charge in [0.05, 0.1) is 17.2 Å². The zero-order chi connectivity index (χ0) is 22.9. The van der Waals surface area contributed by atoms with Gasteiger partial charge in [-0.2, -0.15) is 0 Å². The number of nitrogens with zero attached hydrogens (tertiary/aromatic N) is 1. The first kappa shape index (κ1) is 21.4. The highest BCUT2D eigenvalue weighted by Crippen LogP contribution is 2.45. The highest BCUT2D eigenvalue weighted by Gasteiger charge is 2.42. The highest BCUT2D eigenvalue weighted by molar-refractivity contribution is 6.04. The van der Waals surface area contributed by atoms with Crippen molar-refractivity contribution >= 4 is 11.8 Å². The number of allylic oxidation sites excluding steroid dienone is 3. The molecule has 2 heterocycles. The number of hydrogen-bond acceptors (Lipinski definition) is 6. The molecule has 0 spiro atoms. The Bertz CT molecular complexity index is 1150. The molecule has 2 aliphatic carbocycles. The maximum Gasteiger partial charge on any atom is 0.337 e. The summed E-state index contributed by atoms with van der Waals surface area (Å²) < 4.78 is 5.85. The van der Waals surface area contributed by atoms with Crippen LogP contribution < -0.4 is 5.32 Å². The topological polar surface area (TPSA) is 88.5 Å². The third-order valence-electron chi connectivity index (χ3n) is 6.95. The Balaban J connectivity index is 1.55. The summed E-state index contributed by atoms with van der Waals surface area (Å²) in [5, 5.41) is 13.4. The maximum atomic E-state index is 13.5. The van der Waals surface area contributed by atoms with Gasteiger partial charge in [0.15, 0.2) is 5.78 Å². The summed E-state index contributed by atoms with van der Waals surface area (Å²) in [7, 11) is 0. The van der Waals surface area contributed by atoms with Gasteiger partial charge in [-0.3, -0.25) is 4.79 Å². The number of carbonyl (C=O) groups excluding carboxylic acids is 2. The van der Waals surface area contributed by atoms with Crippen molar-refractivity contribution in [3.8, 4) is 5.88 Å². The molecule has 1 aliphatic heterocycles. The number of esters is 1. The predicted molar refractivity (Wildman–Crippen MR) is 123 cm³/mol. The molecule has 1 aromatic heterocycles. The van der Waals surface area contributed by atoms with Crippen LogP contribution in [0.4, 0.5) is 0 Å².